The van der Waals surface area contributed by atoms with Crippen LogP contribution >= 0.6 is 0 Å². The summed E-state index contributed by atoms with van der Waals surface area (Å²) >= 11 is 0. The van der Waals surface area contributed by atoms with E-state index in [9.17, 15) is 8.42 Å². The van der Waals surface area contributed by atoms with E-state index >= 15 is 0 Å². The van der Waals surface area contributed by atoms with Crippen LogP contribution in [0.3, 0.4) is 0 Å². The van der Waals surface area contributed by atoms with Crippen LogP contribution in [0.4, 0.5) is 11.4 Å². The molecule has 0 spiro atoms. The summed E-state index contributed by atoms with van der Waals surface area (Å²) in [7, 11) is -3.45. The Morgan fingerprint density at radius 2 is 2.00 bits per heavy atom. The van der Waals surface area contributed by atoms with Crippen LogP contribution in [0.2, 0.25) is 0 Å². The Hall–Kier alpha value is -2.16. The Kier molecular flexibility index (Phi) is 6.53. The van der Waals surface area contributed by atoms with Gasteiger partial charge in [-0.2, -0.15) is 0 Å². The van der Waals surface area contributed by atoms with Gasteiger partial charge in [-0.15, -0.1) is 0 Å². The minimum atomic E-state index is -3.45. The number of epoxide rings is 1. The van der Waals surface area contributed by atoms with E-state index in [0.29, 0.717) is 0 Å². The summed E-state index contributed by atoms with van der Waals surface area (Å²) in [6.07, 6.45) is 0.752. The molecule has 28 heavy (non-hydrogen) atoms. The largest absolute Gasteiger partial charge is 0.372 e. The van der Waals surface area contributed by atoms with Crippen molar-refractivity contribution in [1.82, 2.24) is 4.98 Å². The number of hydrogen-bond donors (Lipinski definition) is 1. The Morgan fingerprint density at radius 1 is 1.21 bits per heavy atom. The van der Waals surface area contributed by atoms with Crippen molar-refractivity contribution in [1.29, 1.82) is 0 Å². The zero-order valence-electron chi connectivity index (χ0n) is 16.5. The maximum atomic E-state index is 12.2. The maximum absolute atomic E-state index is 12.2. The topological polar surface area (TPSA) is 84.1 Å². The van der Waals surface area contributed by atoms with Gasteiger partial charge in [-0.3, -0.25) is 0 Å². The highest BCUT2D eigenvalue weighted by molar-refractivity contribution is 7.91. The monoisotopic (exact) mass is 405 g/mol. The van der Waals surface area contributed by atoms with Gasteiger partial charge in [0.25, 0.3) is 0 Å². The third-order valence-electron chi connectivity index (χ3n) is 4.68. The van der Waals surface area contributed by atoms with Crippen LogP contribution in [0.15, 0.2) is 47.6 Å². The number of hydrogen-bond acceptors (Lipinski definition) is 7. The second kappa shape index (κ2) is 8.89. The van der Waals surface area contributed by atoms with Crippen LogP contribution in [0.25, 0.3) is 0 Å². The number of nitrogens with one attached hydrogen (secondary N) is 1. The van der Waals surface area contributed by atoms with Crippen LogP contribution in [0, 0.1) is 6.92 Å². The van der Waals surface area contributed by atoms with Crippen LogP contribution in [-0.4, -0.2) is 51.4 Å². The molecule has 2 unspecified atom stereocenters. The van der Waals surface area contributed by atoms with Crippen molar-refractivity contribution in [3.8, 4) is 0 Å². The van der Waals surface area contributed by atoms with Gasteiger partial charge in [-0.1, -0.05) is 6.07 Å². The summed E-state index contributed by atoms with van der Waals surface area (Å²) in [4.78, 5) is 6.18. The summed E-state index contributed by atoms with van der Waals surface area (Å²) in [6.45, 7) is 8.31. The number of aryl methyl sites for hydroxylation is 1. The summed E-state index contributed by atoms with van der Waals surface area (Å²) in [6, 6.07) is 11.1. The average Bonchev–Trinajstić information content (AvgIpc) is 3.43. The Labute approximate surface area is 166 Å². The summed E-state index contributed by atoms with van der Waals surface area (Å²) in [5.41, 5.74) is 3.29. The van der Waals surface area contributed by atoms with E-state index in [1.165, 1.54) is 18.0 Å². The molecule has 1 N–H and O–H groups in total. The Morgan fingerprint density at radius 3 is 2.64 bits per heavy atom. The first-order chi connectivity index (χ1) is 13.4. The van der Waals surface area contributed by atoms with Gasteiger partial charge in [0.1, 0.15) is 0 Å². The van der Waals surface area contributed by atoms with E-state index in [4.69, 9.17) is 9.47 Å². The fourth-order valence-electron chi connectivity index (χ4n) is 2.99. The van der Waals surface area contributed by atoms with Gasteiger partial charge in [-0.25, -0.2) is 13.4 Å². The number of pyridine rings is 1. The van der Waals surface area contributed by atoms with Crippen molar-refractivity contribution in [2.45, 2.75) is 38.3 Å². The van der Waals surface area contributed by atoms with Gasteiger partial charge >= 0.3 is 0 Å². The van der Waals surface area contributed by atoms with E-state index in [1.54, 1.807) is 12.1 Å². The van der Waals surface area contributed by atoms with E-state index in [-0.39, 0.29) is 23.6 Å². The second-order valence-electron chi connectivity index (χ2n) is 6.60. The molecule has 1 saturated heterocycles. The van der Waals surface area contributed by atoms with Crippen molar-refractivity contribution in [3.05, 3.63) is 48.2 Å². The molecule has 1 aromatic carbocycles. The standard InChI is InChI=1S/C20H27N3O4S/c1-4-23(5-2)16-9-10-17(15(3)14-16)22-19-20(27-19)26-12-13-28(24,25)18-8-6-7-11-21-18/h6-11,14,19-20,22H,4-5,12-13H2,1-3H3. The van der Waals surface area contributed by atoms with Crippen molar-refractivity contribution < 1.29 is 17.9 Å². The molecule has 1 aromatic heterocycles. The van der Waals surface area contributed by atoms with Crippen LogP contribution in [0.1, 0.15) is 19.4 Å². The van der Waals surface area contributed by atoms with Gasteiger partial charge in [0.15, 0.2) is 21.1 Å². The Balaban J connectivity index is 1.48. The number of nitrogens with zero attached hydrogens (tertiary/aromatic N) is 2. The molecule has 2 atom stereocenters. The molecule has 1 aliphatic heterocycles. The minimum Gasteiger partial charge on any atom is -0.372 e. The predicted molar refractivity (Wildman–Crippen MR) is 109 cm³/mol. The van der Waals surface area contributed by atoms with E-state index in [0.717, 1.165) is 24.3 Å². The Bertz CT molecular complexity index is 886. The molecule has 0 saturated carbocycles. The summed E-state index contributed by atoms with van der Waals surface area (Å²) in [5.74, 6) is -0.131. The third-order valence-corrected chi connectivity index (χ3v) is 6.26. The van der Waals surface area contributed by atoms with Crippen molar-refractivity contribution in [2.24, 2.45) is 0 Å². The lowest BCUT2D eigenvalue weighted by atomic mass is 10.1. The van der Waals surface area contributed by atoms with Crippen molar-refractivity contribution >= 4 is 21.2 Å². The molecule has 0 amide bonds. The van der Waals surface area contributed by atoms with Gasteiger partial charge in [0.05, 0.1) is 12.4 Å². The number of sulfone groups is 1. The van der Waals surface area contributed by atoms with Gasteiger partial charge in [0, 0.05) is 30.7 Å². The number of aromatic nitrogens is 1. The molecule has 0 radical (unpaired) electrons. The van der Waals surface area contributed by atoms with Crippen LogP contribution in [-0.2, 0) is 19.3 Å². The average molecular weight is 406 g/mol. The number of anilines is 2. The number of ether oxygens (including phenoxy) is 2. The predicted octanol–water partition coefficient (Wildman–Crippen LogP) is 2.82. The normalized spacial score (nSPS) is 18.7. The number of benzene rings is 1. The molecular weight excluding hydrogens is 378 g/mol. The third kappa shape index (κ3) is 5.01. The molecule has 152 valence electrons. The fraction of sp³-hybridized carbons (Fsp3) is 0.450. The SMILES string of the molecule is CCN(CC)c1ccc(NC2OC2OCCS(=O)(=O)c2ccccn2)c(C)c1. The summed E-state index contributed by atoms with van der Waals surface area (Å²) < 4.78 is 35.4. The van der Waals surface area contributed by atoms with Gasteiger partial charge in [-0.05, 0) is 56.7 Å². The smallest absolute Gasteiger partial charge is 0.205 e. The van der Waals surface area contributed by atoms with E-state index in [1.807, 2.05) is 13.0 Å². The zero-order valence-corrected chi connectivity index (χ0v) is 17.3. The van der Waals surface area contributed by atoms with Crippen LogP contribution < -0.4 is 10.2 Å². The quantitative estimate of drug-likeness (QED) is 0.609. The lowest BCUT2D eigenvalue weighted by Crippen LogP contribution is -2.22. The highest BCUT2D eigenvalue weighted by atomic mass is 32.2. The molecule has 0 aliphatic carbocycles. The van der Waals surface area contributed by atoms with E-state index in [2.05, 4.69) is 41.2 Å². The van der Waals surface area contributed by atoms with E-state index < -0.39 is 16.1 Å². The molecule has 2 heterocycles. The second-order valence-corrected chi connectivity index (χ2v) is 8.65. The minimum absolute atomic E-state index is 0.0572. The number of rotatable bonds is 10. The molecule has 0 bridgehead atoms. The first kappa shape index (κ1) is 20.6. The molecule has 8 heteroatoms. The summed E-state index contributed by atoms with van der Waals surface area (Å²) in [5, 5.41) is 3.35. The first-order valence-electron chi connectivity index (χ1n) is 9.47. The van der Waals surface area contributed by atoms with Crippen molar-refractivity contribution in [2.75, 3.05) is 35.7 Å². The highest BCUT2D eigenvalue weighted by Gasteiger charge is 2.40. The maximum Gasteiger partial charge on any atom is 0.205 e. The lowest BCUT2D eigenvalue weighted by Gasteiger charge is -2.22. The molecule has 3 rings (SSSR count). The molecule has 1 fully saturated rings. The fourth-order valence-corrected chi connectivity index (χ4v) is 4.02. The molecular formula is C20H27N3O4S. The molecule has 2 aromatic rings. The molecule has 1 aliphatic rings. The lowest BCUT2D eigenvalue weighted by molar-refractivity contribution is 0.0604. The van der Waals surface area contributed by atoms with Crippen molar-refractivity contribution in [3.63, 3.8) is 0 Å². The zero-order chi connectivity index (χ0) is 20.1. The first-order valence-corrected chi connectivity index (χ1v) is 11.1. The van der Waals surface area contributed by atoms with Gasteiger partial charge in [0.2, 0.25) is 6.29 Å². The van der Waals surface area contributed by atoms with Crippen LogP contribution in [0.5, 0.6) is 0 Å². The molecule has 7 nitrogen and oxygen atoms in total. The van der Waals surface area contributed by atoms with Gasteiger partial charge < -0.3 is 19.7 Å². The highest BCUT2D eigenvalue weighted by Crippen LogP contribution is 2.29.